The second-order valence-corrected chi connectivity index (χ2v) is 6.94. The molecule has 0 heterocycles. The molecule has 1 atom stereocenters. The fourth-order valence-corrected chi connectivity index (χ4v) is 3.89. The van der Waals surface area contributed by atoms with Crippen molar-refractivity contribution in [2.45, 2.75) is 18.7 Å². The Balaban J connectivity index is 3.22. The molecule has 0 bridgehead atoms. The summed E-state index contributed by atoms with van der Waals surface area (Å²) in [5, 5.41) is 8.78. The Hall–Kier alpha value is -1.62. The highest BCUT2D eigenvalue weighted by Crippen LogP contribution is 2.26. The van der Waals surface area contributed by atoms with Crippen molar-refractivity contribution in [2.24, 2.45) is 5.92 Å². The zero-order valence-corrected chi connectivity index (χ0v) is 14.1. The minimum Gasteiger partial charge on any atom is -0.465 e. The van der Waals surface area contributed by atoms with Gasteiger partial charge in [-0.05, 0) is 25.1 Å². The molecule has 0 aromatic heterocycles. The SMILES string of the molecule is CCN(C[C@@H](C)C#N)S(=O)(=O)c1ccc(C(=O)OC)cc1Cl. The van der Waals surface area contributed by atoms with E-state index in [1.54, 1.807) is 13.8 Å². The number of esters is 1. The number of hydrogen-bond acceptors (Lipinski definition) is 5. The molecule has 1 aromatic rings. The predicted octanol–water partition coefficient (Wildman–Crippen LogP) is 2.30. The van der Waals surface area contributed by atoms with Crippen LogP contribution in [0, 0.1) is 17.2 Å². The minimum atomic E-state index is -3.84. The maximum atomic E-state index is 12.6. The second kappa shape index (κ2) is 7.58. The summed E-state index contributed by atoms with van der Waals surface area (Å²) in [5.41, 5.74) is 0.167. The number of benzene rings is 1. The third-order valence-electron chi connectivity index (χ3n) is 3.02. The molecule has 0 aliphatic rings. The van der Waals surface area contributed by atoms with Gasteiger partial charge in [0.05, 0.1) is 29.7 Å². The van der Waals surface area contributed by atoms with Gasteiger partial charge in [0.25, 0.3) is 0 Å². The summed E-state index contributed by atoms with van der Waals surface area (Å²) >= 11 is 6.01. The van der Waals surface area contributed by atoms with Gasteiger partial charge in [0.2, 0.25) is 10.0 Å². The average Bonchev–Trinajstić information content (AvgIpc) is 2.50. The van der Waals surface area contributed by atoms with Gasteiger partial charge in [-0.25, -0.2) is 13.2 Å². The molecule has 0 saturated heterocycles. The van der Waals surface area contributed by atoms with Crippen LogP contribution in [0.2, 0.25) is 5.02 Å². The molecule has 22 heavy (non-hydrogen) atoms. The van der Waals surface area contributed by atoms with Gasteiger partial charge < -0.3 is 4.74 Å². The highest BCUT2D eigenvalue weighted by Gasteiger charge is 2.27. The Morgan fingerprint density at radius 1 is 1.50 bits per heavy atom. The lowest BCUT2D eigenvalue weighted by atomic mass is 10.2. The number of nitriles is 1. The molecule has 6 nitrogen and oxygen atoms in total. The lowest BCUT2D eigenvalue weighted by Crippen LogP contribution is -2.34. The van der Waals surface area contributed by atoms with Gasteiger partial charge in [-0.15, -0.1) is 0 Å². The molecular formula is C14H17ClN2O4S. The van der Waals surface area contributed by atoms with E-state index in [9.17, 15) is 13.2 Å². The lowest BCUT2D eigenvalue weighted by molar-refractivity contribution is 0.0600. The normalized spacial score (nSPS) is 12.7. The number of carbonyl (C=O) groups is 1. The molecule has 0 saturated carbocycles. The number of halogens is 1. The Kier molecular flexibility index (Phi) is 6.35. The largest absolute Gasteiger partial charge is 0.465 e. The first-order chi connectivity index (χ1) is 10.3. The lowest BCUT2D eigenvalue weighted by Gasteiger charge is -2.22. The molecular weight excluding hydrogens is 328 g/mol. The van der Waals surface area contributed by atoms with Crippen LogP contribution in [0.15, 0.2) is 23.1 Å². The van der Waals surface area contributed by atoms with E-state index in [1.807, 2.05) is 6.07 Å². The number of sulfonamides is 1. The van der Waals surface area contributed by atoms with Crippen molar-refractivity contribution in [3.05, 3.63) is 28.8 Å². The zero-order valence-electron chi connectivity index (χ0n) is 12.5. The van der Waals surface area contributed by atoms with Gasteiger partial charge in [-0.2, -0.15) is 9.57 Å². The van der Waals surface area contributed by atoms with E-state index in [1.165, 1.54) is 29.6 Å². The third kappa shape index (κ3) is 3.97. The molecule has 0 unspecified atom stereocenters. The van der Waals surface area contributed by atoms with Gasteiger partial charge in [0.1, 0.15) is 4.90 Å². The van der Waals surface area contributed by atoms with Gasteiger partial charge in [0.15, 0.2) is 0 Å². The molecule has 1 rings (SSSR count). The van der Waals surface area contributed by atoms with E-state index in [4.69, 9.17) is 16.9 Å². The van der Waals surface area contributed by atoms with E-state index in [2.05, 4.69) is 4.74 Å². The highest BCUT2D eigenvalue weighted by molar-refractivity contribution is 7.89. The fraction of sp³-hybridized carbons (Fsp3) is 0.429. The van der Waals surface area contributed by atoms with Crippen molar-refractivity contribution in [2.75, 3.05) is 20.2 Å². The topological polar surface area (TPSA) is 87.5 Å². The van der Waals surface area contributed by atoms with Crippen LogP contribution in [0.3, 0.4) is 0 Å². The van der Waals surface area contributed by atoms with Crippen molar-refractivity contribution in [1.29, 1.82) is 5.26 Å². The smallest absolute Gasteiger partial charge is 0.337 e. The molecule has 0 aliphatic carbocycles. The van der Waals surface area contributed by atoms with Crippen molar-refractivity contribution in [3.63, 3.8) is 0 Å². The Morgan fingerprint density at radius 3 is 2.59 bits per heavy atom. The molecule has 0 fully saturated rings. The van der Waals surface area contributed by atoms with Crippen LogP contribution in [-0.2, 0) is 14.8 Å². The van der Waals surface area contributed by atoms with Crippen molar-refractivity contribution in [3.8, 4) is 6.07 Å². The van der Waals surface area contributed by atoms with E-state index < -0.39 is 21.9 Å². The molecule has 0 radical (unpaired) electrons. The molecule has 120 valence electrons. The number of nitrogens with zero attached hydrogens (tertiary/aromatic N) is 2. The highest BCUT2D eigenvalue weighted by atomic mass is 35.5. The van der Waals surface area contributed by atoms with Gasteiger partial charge in [-0.3, -0.25) is 0 Å². The summed E-state index contributed by atoms with van der Waals surface area (Å²) in [6, 6.07) is 5.86. The summed E-state index contributed by atoms with van der Waals surface area (Å²) in [4.78, 5) is 11.3. The zero-order chi connectivity index (χ0) is 16.9. The number of hydrogen-bond donors (Lipinski definition) is 0. The van der Waals surface area contributed by atoms with Crippen LogP contribution in [0.5, 0.6) is 0 Å². The standard InChI is InChI=1S/C14H17ClN2O4S/c1-4-17(9-10(2)8-16)22(19,20)13-6-5-11(7-12(13)15)14(18)21-3/h5-7,10H,4,9H2,1-3H3/t10-/m0/s1. The number of methoxy groups -OCH3 is 1. The van der Waals surface area contributed by atoms with Crippen molar-refractivity contribution >= 4 is 27.6 Å². The van der Waals surface area contributed by atoms with E-state index in [-0.39, 0.29) is 28.6 Å². The average molecular weight is 345 g/mol. The predicted molar refractivity (Wildman–Crippen MR) is 82.0 cm³/mol. The van der Waals surface area contributed by atoms with Crippen LogP contribution in [0.1, 0.15) is 24.2 Å². The van der Waals surface area contributed by atoms with Crippen molar-refractivity contribution < 1.29 is 17.9 Å². The van der Waals surface area contributed by atoms with Gasteiger partial charge in [0, 0.05) is 13.1 Å². The van der Waals surface area contributed by atoms with Crippen LogP contribution >= 0.6 is 11.6 Å². The summed E-state index contributed by atoms with van der Waals surface area (Å²) in [7, 11) is -2.61. The number of carbonyl (C=O) groups excluding carboxylic acids is 1. The summed E-state index contributed by atoms with van der Waals surface area (Å²) < 4.78 is 30.9. The second-order valence-electron chi connectivity index (χ2n) is 4.62. The Morgan fingerprint density at radius 2 is 2.14 bits per heavy atom. The maximum absolute atomic E-state index is 12.6. The van der Waals surface area contributed by atoms with Crippen LogP contribution < -0.4 is 0 Å². The van der Waals surface area contributed by atoms with E-state index in [0.717, 1.165) is 0 Å². The Labute approximate surface area is 135 Å². The molecule has 0 spiro atoms. The first-order valence-corrected chi connectivity index (χ1v) is 8.37. The quantitative estimate of drug-likeness (QED) is 0.739. The van der Waals surface area contributed by atoms with Crippen LogP contribution in [-0.4, -0.2) is 38.9 Å². The van der Waals surface area contributed by atoms with Crippen LogP contribution in [0.25, 0.3) is 0 Å². The molecule has 1 aromatic carbocycles. The monoisotopic (exact) mass is 344 g/mol. The third-order valence-corrected chi connectivity index (χ3v) is 5.45. The molecule has 8 heteroatoms. The van der Waals surface area contributed by atoms with Crippen LogP contribution in [0.4, 0.5) is 0 Å². The number of rotatable bonds is 6. The maximum Gasteiger partial charge on any atom is 0.337 e. The van der Waals surface area contributed by atoms with Gasteiger partial charge in [-0.1, -0.05) is 18.5 Å². The first-order valence-electron chi connectivity index (χ1n) is 6.55. The molecule has 0 aliphatic heterocycles. The van der Waals surface area contributed by atoms with Gasteiger partial charge >= 0.3 is 5.97 Å². The first kappa shape index (κ1) is 18.4. The molecule has 0 N–H and O–H groups in total. The molecule has 0 amide bonds. The fourth-order valence-electron chi connectivity index (χ4n) is 1.84. The Bertz CT molecular complexity index is 697. The summed E-state index contributed by atoms with van der Waals surface area (Å²) in [6.07, 6.45) is 0. The summed E-state index contributed by atoms with van der Waals surface area (Å²) in [6.45, 7) is 3.60. The van der Waals surface area contributed by atoms with E-state index in [0.29, 0.717) is 0 Å². The van der Waals surface area contributed by atoms with E-state index >= 15 is 0 Å². The minimum absolute atomic E-state index is 0.0639. The summed E-state index contributed by atoms with van der Waals surface area (Å²) in [5.74, 6) is -1.04. The number of ether oxygens (including phenoxy) is 1. The van der Waals surface area contributed by atoms with Crippen molar-refractivity contribution in [1.82, 2.24) is 4.31 Å².